The van der Waals surface area contributed by atoms with E-state index >= 15 is 0 Å². The van der Waals surface area contributed by atoms with Gasteiger partial charge >= 0.3 is 0 Å². The number of para-hydroxylation sites is 1. The number of rotatable bonds is 5. The predicted octanol–water partition coefficient (Wildman–Crippen LogP) is 9.91. The molecule has 0 atom stereocenters. The number of nitrogens with two attached hydrogens (primary N) is 1. The van der Waals surface area contributed by atoms with Crippen LogP contribution in [0.4, 0.5) is 0 Å². The van der Waals surface area contributed by atoms with Gasteiger partial charge in [0.05, 0.1) is 6.54 Å². The normalized spacial score (nSPS) is 12.4. The molecule has 1 aromatic heterocycles. The van der Waals surface area contributed by atoms with Crippen LogP contribution in [0.2, 0.25) is 0 Å². The smallest absolute Gasteiger partial charge is 0.157 e. The fourth-order valence-electron chi connectivity index (χ4n) is 6.12. The highest BCUT2D eigenvalue weighted by Crippen LogP contribution is 2.36. The van der Waals surface area contributed by atoms with Gasteiger partial charge in [-0.15, -0.1) is 0 Å². The first kappa shape index (κ1) is 26.6. The van der Waals surface area contributed by atoms with Crippen molar-refractivity contribution >= 4 is 55.2 Å². The van der Waals surface area contributed by atoms with Gasteiger partial charge in [-0.3, -0.25) is 4.99 Å². The third-order valence-electron chi connectivity index (χ3n) is 8.36. The van der Waals surface area contributed by atoms with Crippen LogP contribution in [0.1, 0.15) is 16.7 Å². The number of benzene rings is 7. The molecule has 0 aliphatic rings. The maximum atomic E-state index is 6.79. The van der Waals surface area contributed by atoms with Crippen LogP contribution in [-0.2, 0) is 6.54 Å². The molecule has 1 heterocycles. The van der Waals surface area contributed by atoms with E-state index in [0.717, 1.165) is 55.1 Å². The predicted molar refractivity (Wildman–Crippen MR) is 188 cm³/mol. The molecule has 0 saturated heterocycles. The molecule has 0 fully saturated rings. The van der Waals surface area contributed by atoms with E-state index in [4.69, 9.17) is 20.1 Å². The molecule has 0 radical (unpaired) electrons. The van der Waals surface area contributed by atoms with E-state index in [0.29, 0.717) is 18.2 Å². The van der Waals surface area contributed by atoms with Crippen molar-refractivity contribution in [3.63, 3.8) is 0 Å². The summed E-state index contributed by atoms with van der Waals surface area (Å²) in [7, 11) is 0. The lowest BCUT2D eigenvalue weighted by molar-refractivity contribution is 0.669. The maximum absolute atomic E-state index is 6.79. The summed E-state index contributed by atoms with van der Waals surface area (Å²) in [6, 6.07) is 51.9. The topological polar surface area (TPSA) is 63.9 Å². The fourth-order valence-corrected chi connectivity index (χ4v) is 6.12. The molecule has 0 aliphatic heterocycles. The Hall–Kier alpha value is -6.00. The third kappa shape index (κ3) is 5.02. The van der Waals surface area contributed by atoms with Crippen molar-refractivity contribution < 1.29 is 4.42 Å². The second-order valence-corrected chi connectivity index (χ2v) is 11.2. The number of aliphatic imine (C=N–C) groups is 2. The van der Waals surface area contributed by atoms with Crippen molar-refractivity contribution in [1.82, 2.24) is 0 Å². The molecular formula is C41H29N3O. The highest BCUT2D eigenvalue weighted by Gasteiger charge is 2.14. The van der Waals surface area contributed by atoms with E-state index in [2.05, 4.69) is 91.0 Å². The number of nitrogens with zero attached hydrogens (tertiary/aromatic N) is 2. The Balaban J connectivity index is 1.24. The minimum atomic E-state index is 0.408. The summed E-state index contributed by atoms with van der Waals surface area (Å²) in [5, 5.41) is 6.92. The Morgan fingerprint density at radius 1 is 0.556 bits per heavy atom. The van der Waals surface area contributed by atoms with Crippen LogP contribution in [0.3, 0.4) is 0 Å². The monoisotopic (exact) mass is 579 g/mol. The van der Waals surface area contributed by atoms with E-state index in [1.54, 1.807) is 0 Å². The molecule has 0 saturated carbocycles. The number of fused-ring (bicyclic) bond motifs is 6. The maximum Gasteiger partial charge on any atom is 0.157 e. The number of hydrogen-bond donors (Lipinski definition) is 1. The molecule has 45 heavy (non-hydrogen) atoms. The lowest BCUT2D eigenvalue weighted by Gasteiger charge is -2.10. The second-order valence-electron chi connectivity index (χ2n) is 11.2. The Morgan fingerprint density at radius 2 is 1.27 bits per heavy atom. The van der Waals surface area contributed by atoms with Crippen LogP contribution in [0.15, 0.2) is 166 Å². The summed E-state index contributed by atoms with van der Waals surface area (Å²) >= 11 is 0. The van der Waals surface area contributed by atoms with Crippen molar-refractivity contribution in [1.29, 1.82) is 0 Å². The highest BCUT2D eigenvalue weighted by molar-refractivity contribution is 6.16. The van der Waals surface area contributed by atoms with Gasteiger partial charge in [0, 0.05) is 21.9 Å². The molecule has 8 rings (SSSR count). The minimum Gasteiger partial charge on any atom is -0.456 e. The summed E-state index contributed by atoms with van der Waals surface area (Å²) in [6.45, 7) is 0.496. The number of furan rings is 1. The van der Waals surface area contributed by atoms with Crippen LogP contribution >= 0.6 is 0 Å². The standard InChI is InChI=1S/C41H29N3O/c42-40(31-14-8-13-30(24-31)34-17-9-19-38-39(34)35-16-6-7-18-37(35)45-38)44-41(43-26-27-10-2-1-3-11-27)32-23-22-29-21-20-28-12-4-5-15-33(28)36(29)25-32/h1-25H,26H2,(H2,42,43,44). The van der Waals surface area contributed by atoms with Gasteiger partial charge in [0.1, 0.15) is 17.0 Å². The molecular weight excluding hydrogens is 550 g/mol. The molecule has 0 bridgehead atoms. The average molecular weight is 580 g/mol. The molecule has 8 aromatic rings. The van der Waals surface area contributed by atoms with Crippen molar-refractivity contribution in [3.8, 4) is 11.1 Å². The number of hydrogen-bond acceptors (Lipinski definition) is 2. The molecule has 4 nitrogen and oxygen atoms in total. The van der Waals surface area contributed by atoms with E-state index in [1.807, 2.05) is 60.7 Å². The lowest BCUT2D eigenvalue weighted by atomic mass is 9.97. The molecule has 7 aromatic carbocycles. The summed E-state index contributed by atoms with van der Waals surface area (Å²) in [5.41, 5.74) is 13.5. The van der Waals surface area contributed by atoms with Gasteiger partial charge in [0.25, 0.3) is 0 Å². The van der Waals surface area contributed by atoms with Gasteiger partial charge in [-0.25, -0.2) is 4.99 Å². The van der Waals surface area contributed by atoms with Crippen LogP contribution < -0.4 is 5.73 Å². The first-order chi connectivity index (χ1) is 22.2. The Kier molecular flexibility index (Phi) is 6.65. The van der Waals surface area contributed by atoms with Crippen LogP contribution in [0.25, 0.3) is 54.6 Å². The quantitative estimate of drug-likeness (QED) is 0.125. The van der Waals surface area contributed by atoms with Crippen LogP contribution in [0.5, 0.6) is 0 Å². The Bertz CT molecular complexity index is 2420. The molecule has 4 heteroatoms. The van der Waals surface area contributed by atoms with E-state index in [1.165, 1.54) is 16.2 Å². The summed E-state index contributed by atoms with van der Waals surface area (Å²) in [4.78, 5) is 9.98. The van der Waals surface area contributed by atoms with Crippen LogP contribution in [-0.4, -0.2) is 11.7 Å². The molecule has 2 N–H and O–H groups in total. The van der Waals surface area contributed by atoms with Gasteiger partial charge in [-0.05, 0) is 62.5 Å². The number of amidine groups is 2. The summed E-state index contributed by atoms with van der Waals surface area (Å²) in [5.74, 6) is 1.01. The summed E-state index contributed by atoms with van der Waals surface area (Å²) < 4.78 is 6.15. The van der Waals surface area contributed by atoms with Gasteiger partial charge < -0.3 is 10.2 Å². The average Bonchev–Trinajstić information content (AvgIpc) is 3.49. The zero-order chi connectivity index (χ0) is 30.2. The van der Waals surface area contributed by atoms with E-state index in [-0.39, 0.29) is 0 Å². The van der Waals surface area contributed by atoms with Gasteiger partial charge in [-0.2, -0.15) is 0 Å². The third-order valence-corrected chi connectivity index (χ3v) is 8.36. The molecule has 0 spiro atoms. The molecule has 0 aliphatic carbocycles. The fraction of sp³-hybridized carbons (Fsp3) is 0.0244. The molecule has 0 unspecified atom stereocenters. The van der Waals surface area contributed by atoms with Crippen molar-refractivity contribution in [3.05, 3.63) is 168 Å². The van der Waals surface area contributed by atoms with E-state index in [9.17, 15) is 0 Å². The van der Waals surface area contributed by atoms with Gasteiger partial charge in [-0.1, -0.05) is 127 Å². The largest absolute Gasteiger partial charge is 0.456 e. The second kappa shape index (κ2) is 11.3. The Labute approximate surface area is 260 Å². The highest BCUT2D eigenvalue weighted by atomic mass is 16.3. The minimum absolute atomic E-state index is 0.408. The summed E-state index contributed by atoms with van der Waals surface area (Å²) in [6.07, 6.45) is 0. The van der Waals surface area contributed by atoms with Crippen LogP contribution in [0, 0.1) is 0 Å². The first-order valence-corrected chi connectivity index (χ1v) is 15.1. The zero-order valence-electron chi connectivity index (χ0n) is 24.5. The van der Waals surface area contributed by atoms with Crippen molar-refractivity contribution in [2.45, 2.75) is 6.54 Å². The van der Waals surface area contributed by atoms with E-state index < -0.39 is 0 Å². The van der Waals surface area contributed by atoms with Gasteiger partial charge in [0.2, 0.25) is 0 Å². The molecule has 214 valence electrons. The SMILES string of the molecule is NC(=NC(=NCc1ccccc1)c1ccc2ccc3ccccc3c2c1)c1cccc(-c2cccc3oc4ccccc4c23)c1. The first-order valence-electron chi connectivity index (χ1n) is 15.1. The van der Waals surface area contributed by atoms with Gasteiger partial charge in [0.15, 0.2) is 5.84 Å². The Morgan fingerprint density at radius 3 is 2.16 bits per heavy atom. The zero-order valence-corrected chi connectivity index (χ0v) is 24.5. The van der Waals surface area contributed by atoms with Crippen molar-refractivity contribution in [2.24, 2.45) is 15.7 Å². The van der Waals surface area contributed by atoms with Crippen molar-refractivity contribution in [2.75, 3.05) is 0 Å². The molecule has 0 amide bonds. The lowest BCUT2D eigenvalue weighted by Crippen LogP contribution is -2.16.